The van der Waals surface area contributed by atoms with Gasteiger partial charge in [-0.1, -0.05) is 6.07 Å². The number of ether oxygens (including phenoxy) is 1. The number of nitrogens with zero attached hydrogens (tertiary/aromatic N) is 1. The predicted molar refractivity (Wildman–Crippen MR) is 77.8 cm³/mol. The number of carbonyl (C=O) groups is 1. The fourth-order valence-corrected chi connectivity index (χ4v) is 2.91. The summed E-state index contributed by atoms with van der Waals surface area (Å²) >= 11 is 1.70. The standard InChI is InChI=1S/C14H20N2O2S/c1-18-12-3-2-4-13(11-12)19-10-5-14(17)16-8-6-15-7-9-16/h2-4,11,15H,5-10H2,1H3. The smallest absolute Gasteiger partial charge is 0.223 e. The summed E-state index contributed by atoms with van der Waals surface area (Å²) in [6.07, 6.45) is 0.599. The maximum absolute atomic E-state index is 12.0. The number of nitrogens with one attached hydrogen (secondary N) is 1. The van der Waals surface area contributed by atoms with Crippen LogP contribution in [0.1, 0.15) is 6.42 Å². The molecule has 4 nitrogen and oxygen atoms in total. The van der Waals surface area contributed by atoms with E-state index in [2.05, 4.69) is 5.32 Å². The van der Waals surface area contributed by atoms with Gasteiger partial charge in [-0.3, -0.25) is 4.79 Å². The Morgan fingerprint density at radius 1 is 1.42 bits per heavy atom. The van der Waals surface area contributed by atoms with E-state index in [1.165, 1.54) is 0 Å². The summed E-state index contributed by atoms with van der Waals surface area (Å²) in [6, 6.07) is 7.94. The highest BCUT2D eigenvalue weighted by atomic mass is 32.2. The molecule has 1 aromatic rings. The number of amides is 1. The van der Waals surface area contributed by atoms with E-state index < -0.39 is 0 Å². The molecule has 1 fully saturated rings. The van der Waals surface area contributed by atoms with Crippen molar-refractivity contribution in [3.63, 3.8) is 0 Å². The largest absolute Gasteiger partial charge is 0.497 e. The van der Waals surface area contributed by atoms with Gasteiger partial charge < -0.3 is 15.0 Å². The van der Waals surface area contributed by atoms with Crippen molar-refractivity contribution in [2.75, 3.05) is 39.0 Å². The van der Waals surface area contributed by atoms with Crippen LogP contribution >= 0.6 is 11.8 Å². The van der Waals surface area contributed by atoms with E-state index in [4.69, 9.17) is 4.74 Å². The second-order valence-corrected chi connectivity index (χ2v) is 5.58. The van der Waals surface area contributed by atoms with Gasteiger partial charge in [0.25, 0.3) is 0 Å². The third-order valence-electron chi connectivity index (χ3n) is 3.10. The third-order valence-corrected chi connectivity index (χ3v) is 4.09. The van der Waals surface area contributed by atoms with Gasteiger partial charge in [0.1, 0.15) is 5.75 Å². The molecule has 0 atom stereocenters. The molecule has 0 spiro atoms. The van der Waals surface area contributed by atoms with Crippen LogP contribution in [-0.2, 0) is 4.79 Å². The molecule has 0 radical (unpaired) electrons. The van der Waals surface area contributed by atoms with Crippen molar-refractivity contribution in [3.05, 3.63) is 24.3 Å². The zero-order valence-corrected chi connectivity index (χ0v) is 12.0. The van der Waals surface area contributed by atoms with Crippen LogP contribution in [0.25, 0.3) is 0 Å². The SMILES string of the molecule is COc1cccc(SCCC(=O)N2CCNCC2)c1. The fourth-order valence-electron chi connectivity index (χ4n) is 2.02. The molecular weight excluding hydrogens is 260 g/mol. The number of methoxy groups -OCH3 is 1. The van der Waals surface area contributed by atoms with Gasteiger partial charge in [0.05, 0.1) is 7.11 Å². The monoisotopic (exact) mass is 280 g/mol. The molecule has 5 heteroatoms. The van der Waals surface area contributed by atoms with Crippen LogP contribution in [0, 0.1) is 0 Å². The maximum Gasteiger partial charge on any atom is 0.223 e. The summed E-state index contributed by atoms with van der Waals surface area (Å²) in [5, 5.41) is 3.25. The van der Waals surface area contributed by atoms with Gasteiger partial charge in [-0.2, -0.15) is 0 Å². The Hall–Kier alpha value is -1.20. The zero-order valence-electron chi connectivity index (χ0n) is 11.2. The first kappa shape index (κ1) is 14.2. The van der Waals surface area contributed by atoms with Crippen LogP contribution in [0.4, 0.5) is 0 Å². The van der Waals surface area contributed by atoms with Gasteiger partial charge in [-0.15, -0.1) is 11.8 Å². The molecule has 0 saturated carbocycles. The van der Waals surface area contributed by atoms with Crippen LogP contribution in [0.15, 0.2) is 29.2 Å². The Balaban J connectivity index is 1.74. The molecule has 104 valence electrons. The lowest BCUT2D eigenvalue weighted by molar-refractivity contribution is -0.131. The molecule has 2 rings (SSSR count). The number of piperazine rings is 1. The minimum atomic E-state index is 0.261. The minimum Gasteiger partial charge on any atom is -0.497 e. The molecule has 0 bridgehead atoms. The van der Waals surface area contributed by atoms with Gasteiger partial charge in [0, 0.05) is 43.2 Å². The van der Waals surface area contributed by atoms with Crippen LogP contribution in [0.5, 0.6) is 5.75 Å². The van der Waals surface area contributed by atoms with E-state index in [1.54, 1.807) is 18.9 Å². The molecular formula is C14H20N2O2S. The summed E-state index contributed by atoms with van der Waals surface area (Å²) in [4.78, 5) is 15.1. The number of hydrogen-bond donors (Lipinski definition) is 1. The molecule has 0 aliphatic carbocycles. The van der Waals surface area contributed by atoms with E-state index in [-0.39, 0.29) is 5.91 Å². The molecule has 19 heavy (non-hydrogen) atoms. The Bertz CT molecular complexity index is 420. The second kappa shape index (κ2) is 7.40. The molecule has 1 aliphatic heterocycles. The van der Waals surface area contributed by atoms with E-state index >= 15 is 0 Å². The maximum atomic E-state index is 12.0. The van der Waals surface area contributed by atoms with Gasteiger partial charge in [-0.25, -0.2) is 0 Å². The van der Waals surface area contributed by atoms with Crippen molar-refractivity contribution in [1.29, 1.82) is 0 Å². The van der Waals surface area contributed by atoms with E-state index in [0.29, 0.717) is 6.42 Å². The molecule has 1 saturated heterocycles. The minimum absolute atomic E-state index is 0.261. The summed E-state index contributed by atoms with van der Waals surface area (Å²) in [5.41, 5.74) is 0. The second-order valence-electron chi connectivity index (χ2n) is 4.41. The highest BCUT2D eigenvalue weighted by Gasteiger charge is 2.15. The van der Waals surface area contributed by atoms with Gasteiger partial charge in [0.15, 0.2) is 0 Å². The average Bonchev–Trinajstić information content (AvgIpc) is 2.48. The summed E-state index contributed by atoms with van der Waals surface area (Å²) in [5.74, 6) is 1.94. The Morgan fingerprint density at radius 2 is 2.21 bits per heavy atom. The molecule has 0 unspecified atom stereocenters. The summed E-state index contributed by atoms with van der Waals surface area (Å²) < 4.78 is 5.18. The topological polar surface area (TPSA) is 41.6 Å². The summed E-state index contributed by atoms with van der Waals surface area (Å²) in [6.45, 7) is 3.49. The Labute approximate surface area is 118 Å². The third kappa shape index (κ3) is 4.44. The highest BCUT2D eigenvalue weighted by Crippen LogP contribution is 2.23. The lowest BCUT2D eigenvalue weighted by Crippen LogP contribution is -2.46. The van der Waals surface area contributed by atoms with Crippen LogP contribution in [0.2, 0.25) is 0 Å². The quantitative estimate of drug-likeness (QED) is 0.832. The summed E-state index contributed by atoms with van der Waals surface area (Å²) in [7, 11) is 1.66. The number of hydrogen-bond acceptors (Lipinski definition) is 4. The zero-order chi connectivity index (χ0) is 13.5. The lowest BCUT2D eigenvalue weighted by atomic mass is 10.3. The highest BCUT2D eigenvalue weighted by molar-refractivity contribution is 7.99. The molecule has 1 amide bonds. The fraction of sp³-hybridized carbons (Fsp3) is 0.500. The van der Waals surface area contributed by atoms with Gasteiger partial charge in [0.2, 0.25) is 5.91 Å². The number of carbonyl (C=O) groups excluding carboxylic acids is 1. The molecule has 0 aromatic heterocycles. The van der Waals surface area contributed by atoms with Crippen molar-refractivity contribution >= 4 is 17.7 Å². The molecule has 1 aliphatic rings. The number of thioether (sulfide) groups is 1. The Kier molecular flexibility index (Phi) is 5.54. The van der Waals surface area contributed by atoms with Crippen molar-refractivity contribution < 1.29 is 9.53 Å². The van der Waals surface area contributed by atoms with Gasteiger partial charge >= 0.3 is 0 Å². The van der Waals surface area contributed by atoms with Crippen molar-refractivity contribution in [1.82, 2.24) is 10.2 Å². The molecule has 1 N–H and O–H groups in total. The van der Waals surface area contributed by atoms with Gasteiger partial charge in [-0.05, 0) is 18.2 Å². The first-order valence-electron chi connectivity index (χ1n) is 6.55. The van der Waals surface area contributed by atoms with E-state index in [9.17, 15) is 4.79 Å². The van der Waals surface area contributed by atoms with Crippen molar-refractivity contribution in [2.45, 2.75) is 11.3 Å². The van der Waals surface area contributed by atoms with Crippen molar-refractivity contribution in [2.24, 2.45) is 0 Å². The van der Waals surface area contributed by atoms with E-state index in [0.717, 1.165) is 42.6 Å². The number of benzene rings is 1. The lowest BCUT2D eigenvalue weighted by Gasteiger charge is -2.27. The van der Waals surface area contributed by atoms with Crippen LogP contribution in [0.3, 0.4) is 0 Å². The normalized spacial score (nSPS) is 15.3. The Morgan fingerprint density at radius 3 is 2.95 bits per heavy atom. The average molecular weight is 280 g/mol. The number of rotatable bonds is 5. The first-order chi connectivity index (χ1) is 9.29. The molecule has 1 heterocycles. The predicted octanol–water partition coefficient (Wildman–Crippen LogP) is 1.61. The van der Waals surface area contributed by atoms with Crippen molar-refractivity contribution in [3.8, 4) is 5.75 Å². The van der Waals surface area contributed by atoms with Crippen LogP contribution < -0.4 is 10.1 Å². The first-order valence-corrected chi connectivity index (χ1v) is 7.53. The molecule has 1 aromatic carbocycles. The van der Waals surface area contributed by atoms with Crippen LogP contribution in [-0.4, -0.2) is 49.8 Å². The van der Waals surface area contributed by atoms with E-state index in [1.807, 2.05) is 29.2 Å².